The highest BCUT2D eigenvalue weighted by Crippen LogP contribution is 2.16. The molecule has 1 N–H and O–H groups in total. The molecular weight excluding hydrogens is 290 g/mol. The standard InChI is InChI=1S/C19H27NO3/c1-14(2)9-8-10-15(3)13-17(21)20-18(19(22)23-4)16-11-6-5-7-12-16/h5-7,9,11-12,15,18H,8,10,13H2,1-4H3,(H,20,21)/t15-,18+/m1/s1. The second-order valence-electron chi connectivity index (χ2n) is 6.10. The van der Waals surface area contributed by atoms with Gasteiger partial charge in [0.1, 0.15) is 0 Å². The Hall–Kier alpha value is -2.10. The minimum absolute atomic E-state index is 0.131. The van der Waals surface area contributed by atoms with Crippen LogP contribution in [0.4, 0.5) is 0 Å². The van der Waals surface area contributed by atoms with E-state index in [1.54, 1.807) is 12.1 Å². The van der Waals surface area contributed by atoms with Crippen molar-refractivity contribution in [3.8, 4) is 0 Å². The van der Waals surface area contributed by atoms with E-state index in [1.165, 1.54) is 12.7 Å². The smallest absolute Gasteiger partial charge is 0.333 e. The lowest BCUT2D eigenvalue weighted by molar-refractivity contribution is -0.145. The number of hydrogen-bond donors (Lipinski definition) is 1. The molecule has 0 saturated heterocycles. The molecule has 0 aliphatic carbocycles. The lowest BCUT2D eigenvalue weighted by Crippen LogP contribution is -2.35. The summed E-state index contributed by atoms with van der Waals surface area (Å²) in [5, 5.41) is 2.79. The average molecular weight is 317 g/mol. The highest BCUT2D eigenvalue weighted by Gasteiger charge is 2.23. The monoisotopic (exact) mass is 317 g/mol. The summed E-state index contributed by atoms with van der Waals surface area (Å²) in [6.45, 7) is 6.18. The molecule has 0 bridgehead atoms. The third-order valence-corrected chi connectivity index (χ3v) is 3.62. The van der Waals surface area contributed by atoms with Crippen LogP contribution in [-0.4, -0.2) is 19.0 Å². The first-order chi connectivity index (χ1) is 10.9. The normalized spacial score (nSPS) is 12.9. The number of hydrogen-bond acceptors (Lipinski definition) is 3. The van der Waals surface area contributed by atoms with Gasteiger partial charge in [0.15, 0.2) is 6.04 Å². The Bertz CT molecular complexity index is 533. The maximum absolute atomic E-state index is 12.2. The van der Waals surface area contributed by atoms with Crippen LogP contribution in [0, 0.1) is 5.92 Å². The van der Waals surface area contributed by atoms with Crippen molar-refractivity contribution in [2.45, 2.75) is 46.1 Å². The van der Waals surface area contributed by atoms with Gasteiger partial charge in [0.25, 0.3) is 0 Å². The van der Waals surface area contributed by atoms with Gasteiger partial charge in [0.2, 0.25) is 5.91 Å². The number of carbonyl (C=O) groups excluding carboxylic acids is 2. The van der Waals surface area contributed by atoms with Gasteiger partial charge in [-0.1, -0.05) is 48.9 Å². The third-order valence-electron chi connectivity index (χ3n) is 3.62. The molecule has 0 radical (unpaired) electrons. The minimum Gasteiger partial charge on any atom is -0.467 e. The fraction of sp³-hybridized carbons (Fsp3) is 0.474. The van der Waals surface area contributed by atoms with Crippen LogP contribution in [0.25, 0.3) is 0 Å². The van der Waals surface area contributed by atoms with Gasteiger partial charge in [0.05, 0.1) is 7.11 Å². The zero-order valence-electron chi connectivity index (χ0n) is 14.5. The van der Waals surface area contributed by atoms with E-state index in [0.29, 0.717) is 6.42 Å². The van der Waals surface area contributed by atoms with Crippen molar-refractivity contribution in [3.05, 3.63) is 47.5 Å². The van der Waals surface area contributed by atoms with E-state index in [-0.39, 0.29) is 11.8 Å². The van der Waals surface area contributed by atoms with Crippen LogP contribution in [0.2, 0.25) is 0 Å². The molecule has 0 heterocycles. The highest BCUT2D eigenvalue weighted by atomic mass is 16.5. The van der Waals surface area contributed by atoms with Crippen LogP contribution in [0.3, 0.4) is 0 Å². The van der Waals surface area contributed by atoms with E-state index in [0.717, 1.165) is 18.4 Å². The summed E-state index contributed by atoms with van der Waals surface area (Å²) in [5.41, 5.74) is 2.02. The number of allylic oxidation sites excluding steroid dienone is 2. The van der Waals surface area contributed by atoms with E-state index in [2.05, 4.69) is 25.2 Å². The van der Waals surface area contributed by atoms with Crippen molar-refractivity contribution in [1.29, 1.82) is 0 Å². The molecule has 1 amide bonds. The van der Waals surface area contributed by atoms with Crippen molar-refractivity contribution in [2.75, 3.05) is 7.11 Å². The van der Waals surface area contributed by atoms with Crippen LogP contribution in [-0.2, 0) is 14.3 Å². The summed E-state index contributed by atoms with van der Waals surface area (Å²) in [6, 6.07) is 8.39. The summed E-state index contributed by atoms with van der Waals surface area (Å²) in [6.07, 6.45) is 4.50. The average Bonchev–Trinajstić information content (AvgIpc) is 2.52. The zero-order chi connectivity index (χ0) is 17.2. The molecular formula is C19H27NO3. The topological polar surface area (TPSA) is 55.4 Å². The molecule has 2 atom stereocenters. The molecule has 1 rings (SSSR count). The van der Waals surface area contributed by atoms with Gasteiger partial charge in [-0.25, -0.2) is 4.79 Å². The fourth-order valence-electron chi connectivity index (χ4n) is 2.34. The van der Waals surface area contributed by atoms with Crippen molar-refractivity contribution < 1.29 is 14.3 Å². The summed E-state index contributed by atoms with van der Waals surface area (Å²) in [4.78, 5) is 24.2. The molecule has 4 heteroatoms. The Morgan fingerprint density at radius 2 is 1.87 bits per heavy atom. The Balaban J connectivity index is 2.60. The molecule has 1 aromatic carbocycles. The quantitative estimate of drug-likeness (QED) is 0.586. The first-order valence-electron chi connectivity index (χ1n) is 7.99. The number of carbonyl (C=O) groups is 2. The molecule has 0 aliphatic heterocycles. The van der Waals surface area contributed by atoms with Crippen LogP contribution in [0.1, 0.15) is 51.6 Å². The lowest BCUT2D eigenvalue weighted by Gasteiger charge is -2.18. The SMILES string of the molecule is COC(=O)[C@@H](NC(=O)C[C@H](C)CCC=C(C)C)c1ccccc1. The second-order valence-corrected chi connectivity index (χ2v) is 6.10. The molecule has 0 spiro atoms. The van der Waals surface area contributed by atoms with Gasteiger partial charge in [-0.05, 0) is 38.2 Å². The van der Waals surface area contributed by atoms with E-state index in [9.17, 15) is 9.59 Å². The number of esters is 1. The van der Waals surface area contributed by atoms with Crippen LogP contribution in [0.15, 0.2) is 42.0 Å². The summed E-state index contributed by atoms with van der Waals surface area (Å²) in [5.74, 6) is -0.324. The van der Waals surface area contributed by atoms with Crippen LogP contribution >= 0.6 is 0 Å². The highest BCUT2D eigenvalue weighted by molar-refractivity contribution is 5.85. The largest absolute Gasteiger partial charge is 0.467 e. The van der Waals surface area contributed by atoms with E-state index in [4.69, 9.17) is 4.74 Å². The summed E-state index contributed by atoms with van der Waals surface area (Å²) in [7, 11) is 1.33. The van der Waals surface area contributed by atoms with Crippen molar-refractivity contribution in [1.82, 2.24) is 5.32 Å². The molecule has 0 aliphatic rings. The molecule has 0 saturated carbocycles. The van der Waals surface area contributed by atoms with Gasteiger partial charge >= 0.3 is 5.97 Å². The number of ether oxygens (including phenoxy) is 1. The Kier molecular flexibility index (Phi) is 8.09. The van der Waals surface area contributed by atoms with E-state index in [1.807, 2.05) is 25.1 Å². The molecule has 0 aromatic heterocycles. The van der Waals surface area contributed by atoms with Gasteiger partial charge < -0.3 is 10.1 Å². The van der Waals surface area contributed by atoms with Crippen molar-refractivity contribution >= 4 is 11.9 Å². The first-order valence-corrected chi connectivity index (χ1v) is 7.99. The van der Waals surface area contributed by atoms with E-state index < -0.39 is 12.0 Å². The van der Waals surface area contributed by atoms with Gasteiger partial charge in [-0.3, -0.25) is 4.79 Å². The predicted molar refractivity (Wildman–Crippen MR) is 91.8 cm³/mol. The maximum atomic E-state index is 12.2. The Morgan fingerprint density at radius 3 is 2.43 bits per heavy atom. The van der Waals surface area contributed by atoms with Crippen LogP contribution in [0.5, 0.6) is 0 Å². The summed E-state index contributed by atoms with van der Waals surface area (Å²) < 4.78 is 4.80. The Morgan fingerprint density at radius 1 is 1.22 bits per heavy atom. The molecule has 4 nitrogen and oxygen atoms in total. The fourth-order valence-corrected chi connectivity index (χ4v) is 2.34. The number of benzene rings is 1. The molecule has 0 unspecified atom stereocenters. The predicted octanol–water partition coefficient (Wildman–Crippen LogP) is 3.79. The summed E-state index contributed by atoms with van der Waals surface area (Å²) >= 11 is 0. The van der Waals surface area contributed by atoms with Gasteiger partial charge in [-0.2, -0.15) is 0 Å². The molecule has 126 valence electrons. The number of methoxy groups -OCH3 is 1. The zero-order valence-corrected chi connectivity index (χ0v) is 14.5. The minimum atomic E-state index is -0.751. The van der Waals surface area contributed by atoms with Gasteiger partial charge in [-0.15, -0.1) is 0 Å². The molecule has 23 heavy (non-hydrogen) atoms. The second kappa shape index (κ2) is 9.82. The molecule has 0 fully saturated rings. The van der Waals surface area contributed by atoms with Crippen molar-refractivity contribution in [3.63, 3.8) is 0 Å². The maximum Gasteiger partial charge on any atom is 0.333 e. The number of rotatable bonds is 8. The first kappa shape index (κ1) is 18.9. The van der Waals surface area contributed by atoms with E-state index >= 15 is 0 Å². The number of amides is 1. The molecule has 1 aromatic rings. The Labute approximate surface area is 138 Å². The third kappa shape index (κ3) is 7.13. The number of nitrogens with one attached hydrogen (secondary N) is 1. The van der Waals surface area contributed by atoms with Crippen molar-refractivity contribution in [2.24, 2.45) is 5.92 Å². The van der Waals surface area contributed by atoms with Gasteiger partial charge in [0, 0.05) is 6.42 Å². The van der Waals surface area contributed by atoms with Crippen LogP contribution < -0.4 is 5.32 Å². The lowest BCUT2D eigenvalue weighted by atomic mass is 10.00.